The molecular formula is C30H48O2. The van der Waals surface area contributed by atoms with Crippen LogP contribution in [0.3, 0.4) is 0 Å². The third-order valence-corrected chi connectivity index (χ3v) is 10.8. The van der Waals surface area contributed by atoms with Crippen molar-refractivity contribution in [2.75, 3.05) is 0 Å². The second kappa shape index (κ2) is 8.95. The van der Waals surface area contributed by atoms with Gasteiger partial charge in [-0.25, -0.2) is 0 Å². The lowest BCUT2D eigenvalue weighted by Gasteiger charge is -2.58. The zero-order valence-corrected chi connectivity index (χ0v) is 21.8. The first-order valence-electron chi connectivity index (χ1n) is 13.6. The summed E-state index contributed by atoms with van der Waals surface area (Å²) in [5.74, 6) is 4.98. The van der Waals surface area contributed by atoms with Gasteiger partial charge in [-0.15, -0.1) is 0 Å². The molecule has 180 valence electrons. The third-order valence-electron chi connectivity index (χ3n) is 10.8. The highest BCUT2D eigenvalue weighted by Gasteiger charge is 2.58. The molecule has 3 saturated carbocycles. The van der Waals surface area contributed by atoms with E-state index in [0.29, 0.717) is 28.6 Å². The monoisotopic (exact) mass is 440 g/mol. The molecule has 2 heteroatoms. The van der Waals surface area contributed by atoms with Crippen LogP contribution in [0.1, 0.15) is 99.8 Å². The summed E-state index contributed by atoms with van der Waals surface area (Å²) in [6.07, 6.45) is 17.9. The Hall–Kier alpha value is -1.05. The van der Waals surface area contributed by atoms with Crippen LogP contribution in [-0.4, -0.2) is 12.1 Å². The lowest BCUT2D eigenvalue weighted by Crippen LogP contribution is -2.50. The summed E-state index contributed by atoms with van der Waals surface area (Å²) < 4.78 is 5.64. The number of esters is 1. The lowest BCUT2D eigenvalue weighted by atomic mass is 9.47. The first-order chi connectivity index (χ1) is 15.1. The normalized spacial score (nSPS) is 43.2. The number of carbonyl (C=O) groups is 1. The van der Waals surface area contributed by atoms with Gasteiger partial charge in [-0.1, -0.05) is 65.3 Å². The van der Waals surface area contributed by atoms with Gasteiger partial charge in [0.15, 0.2) is 0 Å². The molecule has 0 N–H and O–H groups in total. The lowest BCUT2D eigenvalue weighted by molar-refractivity contribution is -0.152. The smallest absolute Gasteiger partial charge is 0.302 e. The van der Waals surface area contributed by atoms with E-state index in [-0.39, 0.29) is 12.1 Å². The van der Waals surface area contributed by atoms with Crippen LogP contribution in [0.25, 0.3) is 0 Å². The van der Waals surface area contributed by atoms with E-state index in [1.54, 1.807) is 6.92 Å². The largest absolute Gasteiger partial charge is 0.463 e. The van der Waals surface area contributed by atoms with Crippen molar-refractivity contribution in [3.05, 3.63) is 23.8 Å². The Kier molecular flexibility index (Phi) is 6.74. The van der Waals surface area contributed by atoms with Crippen molar-refractivity contribution in [3.8, 4) is 0 Å². The van der Waals surface area contributed by atoms with E-state index in [9.17, 15) is 4.79 Å². The second-order valence-electron chi connectivity index (χ2n) is 12.8. The van der Waals surface area contributed by atoms with E-state index in [4.69, 9.17) is 4.74 Å². The second-order valence-corrected chi connectivity index (χ2v) is 12.8. The maximum Gasteiger partial charge on any atom is 0.302 e. The Bertz CT molecular complexity index is 763. The van der Waals surface area contributed by atoms with Gasteiger partial charge in [0, 0.05) is 6.92 Å². The molecule has 0 aromatic rings. The van der Waals surface area contributed by atoms with Crippen molar-refractivity contribution in [1.82, 2.24) is 0 Å². The first-order valence-corrected chi connectivity index (χ1v) is 13.6. The number of hydrogen-bond acceptors (Lipinski definition) is 2. The zero-order chi connectivity index (χ0) is 23.3. The Morgan fingerprint density at radius 3 is 2.38 bits per heavy atom. The van der Waals surface area contributed by atoms with Crippen LogP contribution in [0.15, 0.2) is 23.8 Å². The van der Waals surface area contributed by atoms with Crippen LogP contribution in [0.4, 0.5) is 0 Å². The third kappa shape index (κ3) is 4.14. The summed E-state index contributed by atoms with van der Waals surface area (Å²) in [5, 5.41) is 0. The molecule has 2 nitrogen and oxygen atoms in total. The summed E-state index contributed by atoms with van der Waals surface area (Å²) in [4.78, 5) is 11.5. The molecule has 0 spiro atoms. The maximum atomic E-state index is 11.5. The number of hydrogen-bond donors (Lipinski definition) is 0. The maximum absolute atomic E-state index is 11.5. The fraction of sp³-hybridized carbons (Fsp3) is 0.833. The van der Waals surface area contributed by atoms with Gasteiger partial charge in [-0.3, -0.25) is 4.79 Å². The van der Waals surface area contributed by atoms with Crippen LogP contribution >= 0.6 is 0 Å². The van der Waals surface area contributed by atoms with Gasteiger partial charge in [-0.05, 0) is 104 Å². The number of fused-ring (bicyclic) bond motifs is 5. The minimum atomic E-state index is -0.109. The molecule has 4 aliphatic carbocycles. The van der Waals surface area contributed by atoms with Crippen molar-refractivity contribution in [2.24, 2.45) is 52.3 Å². The molecule has 0 saturated heterocycles. The summed E-state index contributed by atoms with van der Waals surface area (Å²) in [5.41, 5.74) is 2.70. The molecule has 4 aliphatic rings. The van der Waals surface area contributed by atoms with Crippen LogP contribution < -0.4 is 0 Å². The summed E-state index contributed by atoms with van der Waals surface area (Å²) in [7, 11) is 0. The van der Waals surface area contributed by atoms with Gasteiger partial charge < -0.3 is 4.74 Å². The molecule has 0 bridgehead atoms. The molecule has 9 atom stereocenters. The van der Waals surface area contributed by atoms with Crippen molar-refractivity contribution in [3.63, 3.8) is 0 Å². The molecule has 0 aliphatic heterocycles. The Labute approximate surface area is 197 Å². The Morgan fingerprint density at radius 1 is 1.00 bits per heavy atom. The Balaban J connectivity index is 1.51. The fourth-order valence-corrected chi connectivity index (χ4v) is 8.43. The van der Waals surface area contributed by atoms with E-state index in [2.05, 4.69) is 59.8 Å². The molecule has 0 heterocycles. The van der Waals surface area contributed by atoms with Gasteiger partial charge in [-0.2, -0.15) is 0 Å². The van der Waals surface area contributed by atoms with Gasteiger partial charge in [0.2, 0.25) is 0 Å². The standard InChI is InChI=1S/C30H48O2/c1-19(2)20(3)8-9-21(4)26-12-13-27-25-11-10-23-18-24(32-22(5)31)14-16-29(23,6)28(25)15-17-30(26,27)7/h8-9,11,19-21,23-24,26-28H,10,12-18H2,1-7H3/b9-8+/t20-,21+,23-,24+,26-,27+,28+,29-,30-/m0/s1. The molecule has 0 aromatic heterocycles. The van der Waals surface area contributed by atoms with Gasteiger partial charge in [0.25, 0.3) is 0 Å². The first kappa shape index (κ1) is 24.1. The number of rotatable bonds is 5. The topological polar surface area (TPSA) is 26.3 Å². The quantitative estimate of drug-likeness (QED) is 0.320. The highest BCUT2D eigenvalue weighted by Crippen LogP contribution is 2.66. The molecule has 4 rings (SSSR count). The molecule has 0 radical (unpaired) electrons. The summed E-state index contributed by atoms with van der Waals surface area (Å²) >= 11 is 0. The average Bonchev–Trinajstić information content (AvgIpc) is 3.08. The highest BCUT2D eigenvalue weighted by atomic mass is 16.5. The van der Waals surface area contributed by atoms with Gasteiger partial charge in [0.05, 0.1) is 0 Å². The minimum absolute atomic E-state index is 0.109. The molecule has 32 heavy (non-hydrogen) atoms. The van der Waals surface area contributed by atoms with Crippen LogP contribution in [0.5, 0.6) is 0 Å². The average molecular weight is 441 g/mol. The molecule has 3 fully saturated rings. The van der Waals surface area contributed by atoms with Crippen LogP contribution in [0, 0.1) is 52.3 Å². The zero-order valence-electron chi connectivity index (χ0n) is 21.8. The van der Waals surface area contributed by atoms with E-state index < -0.39 is 0 Å². The van der Waals surface area contributed by atoms with Crippen molar-refractivity contribution in [2.45, 2.75) is 106 Å². The van der Waals surface area contributed by atoms with E-state index >= 15 is 0 Å². The Morgan fingerprint density at radius 2 is 1.69 bits per heavy atom. The molecule has 0 unspecified atom stereocenters. The van der Waals surface area contributed by atoms with Crippen molar-refractivity contribution >= 4 is 5.97 Å². The SMILES string of the molecule is CC(=O)O[C@@H]1CC[C@@]2(C)[C@@H](CC=C3[C@H]2CC[C@]2(C)[C@@H]3CC[C@H]2[C@H](C)/C=C/[C@H](C)C(C)C)C1. The predicted octanol–water partition coefficient (Wildman–Crippen LogP) is 7.98. The van der Waals surface area contributed by atoms with Crippen LogP contribution in [0.2, 0.25) is 0 Å². The number of allylic oxidation sites excluding steroid dienone is 4. The van der Waals surface area contributed by atoms with Crippen molar-refractivity contribution < 1.29 is 9.53 Å². The van der Waals surface area contributed by atoms with E-state index in [1.165, 1.54) is 38.5 Å². The molecular weight excluding hydrogens is 392 g/mol. The van der Waals surface area contributed by atoms with Crippen LogP contribution in [-0.2, 0) is 9.53 Å². The van der Waals surface area contributed by atoms with Gasteiger partial charge in [0.1, 0.15) is 6.10 Å². The number of carbonyl (C=O) groups excluding carboxylic acids is 1. The van der Waals surface area contributed by atoms with E-state index in [1.807, 2.05) is 5.57 Å². The molecule has 0 amide bonds. The summed E-state index contributed by atoms with van der Waals surface area (Å²) in [6.45, 7) is 16.3. The molecule has 0 aromatic carbocycles. The van der Waals surface area contributed by atoms with Gasteiger partial charge >= 0.3 is 5.97 Å². The predicted molar refractivity (Wildman–Crippen MR) is 133 cm³/mol. The number of ether oxygens (including phenoxy) is 1. The minimum Gasteiger partial charge on any atom is -0.463 e. The van der Waals surface area contributed by atoms with Crippen molar-refractivity contribution in [1.29, 1.82) is 0 Å². The highest BCUT2D eigenvalue weighted by molar-refractivity contribution is 5.66. The fourth-order valence-electron chi connectivity index (χ4n) is 8.43. The summed E-state index contributed by atoms with van der Waals surface area (Å²) in [6, 6.07) is 0. The van der Waals surface area contributed by atoms with E-state index in [0.717, 1.165) is 36.5 Å².